The summed E-state index contributed by atoms with van der Waals surface area (Å²) in [6, 6.07) is 13.1. The molecule has 2 aromatic carbocycles. The molecule has 0 radical (unpaired) electrons. The molecule has 2 bridgehead atoms. The lowest BCUT2D eigenvalue weighted by molar-refractivity contribution is -0.155. The van der Waals surface area contributed by atoms with Crippen molar-refractivity contribution in [3.63, 3.8) is 0 Å². The zero-order valence-electron chi connectivity index (χ0n) is 23.9. The summed E-state index contributed by atoms with van der Waals surface area (Å²) >= 11 is 3.70. The second-order valence-corrected chi connectivity index (χ2v) is 12.5. The Bertz CT molecular complexity index is 1380. The molecule has 0 aliphatic carbocycles. The third-order valence-electron chi connectivity index (χ3n) is 8.73. The SMILES string of the molecule is C=CCCOC(=O)[C@H]1[C@@H]2OC3(CC2Br)C(C(=O)N(CC=C)c2cc(C)ccc2C)N([C@H](CO)c2ccccc2)C(=O)[C@H]13. The maximum atomic E-state index is 14.9. The van der Waals surface area contributed by atoms with Crippen LogP contribution in [0, 0.1) is 25.7 Å². The zero-order chi connectivity index (χ0) is 30.2. The fourth-order valence-corrected chi connectivity index (χ4v) is 7.86. The van der Waals surface area contributed by atoms with Gasteiger partial charge in [0.25, 0.3) is 5.91 Å². The highest BCUT2D eigenvalue weighted by molar-refractivity contribution is 9.09. The summed E-state index contributed by atoms with van der Waals surface area (Å²) in [5, 5.41) is 10.7. The van der Waals surface area contributed by atoms with Crippen molar-refractivity contribution in [2.75, 3.05) is 24.7 Å². The van der Waals surface area contributed by atoms with Gasteiger partial charge in [0.15, 0.2) is 0 Å². The molecule has 42 heavy (non-hydrogen) atoms. The van der Waals surface area contributed by atoms with Crippen LogP contribution in [0.2, 0.25) is 0 Å². The summed E-state index contributed by atoms with van der Waals surface area (Å²) in [4.78, 5) is 45.8. The quantitative estimate of drug-likeness (QED) is 0.170. The summed E-state index contributed by atoms with van der Waals surface area (Å²) in [5.41, 5.74) is 1.96. The van der Waals surface area contributed by atoms with Crippen LogP contribution >= 0.6 is 15.9 Å². The number of hydrogen-bond donors (Lipinski definition) is 1. The van der Waals surface area contributed by atoms with Crippen molar-refractivity contribution in [1.29, 1.82) is 0 Å². The van der Waals surface area contributed by atoms with Gasteiger partial charge in [0.05, 0.1) is 37.2 Å². The van der Waals surface area contributed by atoms with E-state index >= 15 is 0 Å². The summed E-state index contributed by atoms with van der Waals surface area (Å²) in [6.07, 6.45) is 3.50. The highest BCUT2D eigenvalue weighted by atomic mass is 79.9. The number of aliphatic hydroxyl groups is 1. The minimum Gasteiger partial charge on any atom is -0.465 e. The first-order valence-electron chi connectivity index (χ1n) is 14.3. The molecule has 3 aliphatic heterocycles. The average molecular weight is 638 g/mol. The van der Waals surface area contributed by atoms with Crippen LogP contribution in [0.5, 0.6) is 0 Å². The van der Waals surface area contributed by atoms with Crippen LogP contribution in [0.3, 0.4) is 0 Å². The Morgan fingerprint density at radius 3 is 2.62 bits per heavy atom. The van der Waals surface area contributed by atoms with Crippen molar-refractivity contribution in [3.8, 4) is 0 Å². The molecule has 7 atom stereocenters. The van der Waals surface area contributed by atoms with Gasteiger partial charge in [0.2, 0.25) is 5.91 Å². The number of anilines is 1. The number of hydrogen-bond acceptors (Lipinski definition) is 6. The lowest BCUT2D eigenvalue weighted by Gasteiger charge is -2.39. The second-order valence-electron chi connectivity index (χ2n) is 11.3. The van der Waals surface area contributed by atoms with Crippen molar-refractivity contribution < 1.29 is 29.0 Å². The van der Waals surface area contributed by atoms with Crippen LogP contribution in [0.1, 0.15) is 35.6 Å². The zero-order valence-corrected chi connectivity index (χ0v) is 25.5. The maximum Gasteiger partial charge on any atom is 0.312 e. The maximum absolute atomic E-state index is 14.9. The van der Waals surface area contributed by atoms with Crippen LogP contribution in [0.4, 0.5) is 5.69 Å². The molecule has 2 aromatic rings. The van der Waals surface area contributed by atoms with Gasteiger partial charge in [0.1, 0.15) is 11.6 Å². The molecule has 222 valence electrons. The number of aliphatic hydroxyl groups excluding tert-OH is 1. The van der Waals surface area contributed by atoms with Crippen molar-refractivity contribution in [2.45, 2.75) is 55.3 Å². The van der Waals surface area contributed by atoms with Crippen LogP contribution in [-0.2, 0) is 23.9 Å². The smallest absolute Gasteiger partial charge is 0.312 e. The number of halogens is 1. The first-order valence-corrected chi connectivity index (χ1v) is 15.2. The number of aryl methyl sites for hydroxylation is 2. The number of likely N-dealkylation sites (tertiary alicyclic amines) is 1. The molecule has 5 rings (SSSR count). The summed E-state index contributed by atoms with van der Waals surface area (Å²) < 4.78 is 12.2. The van der Waals surface area contributed by atoms with Gasteiger partial charge in [-0.25, -0.2) is 0 Å². The van der Waals surface area contributed by atoms with E-state index in [1.165, 1.54) is 4.90 Å². The van der Waals surface area contributed by atoms with E-state index < -0.39 is 54.1 Å². The van der Waals surface area contributed by atoms with Gasteiger partial charge in [-0.05, 0) is 49.4 Å². The molecule has 3 heterocycles. The standard InChI is InChI=1S/C33H37BrN2O6/c1-5-7-16-41-32(40)26-27-30(38)36(25(19-37)22-11-9-8-10-12-22)29(33(27)18-23(34)28(26)42-33)31(39)35(15-6-2)24-17-20(3)13-14-21(24)4/h5-6,8-14,17,23,25-29,37H,1-2,7,15-16,18-19H2,3-4H3/t23?,25-,26-,27+,28-,29?,33?/m1/s1. The Kier molecular flexibility index (Phi) is 8.73. The van der Waals surface area contributed by atoms with Crippen LogP contribution in [0.25, 0.3) is 0 Å². The van der Waals surface area contributed by atoms with Crippen molar-refractivity contribution in [2.24, 2.45) is 11.8 Å². The number of nitrogens with zero attached hydrogens (tertiary/aromatic N) is 2. The third kappa shape index (κ3) is 4.91. The second kappa shape index (κ2) is 12.1. The third-order valence-corrected chi connectivity index (χ3v) is 9.57. The molecule has 3 saturated heterocycles. The van der Waals surface area contributed by atoms with Gasteiger partial charge in [-0.1, -0.05) is 70.5 Å². The molecular weight excluding hydrogens is 600 g/mol. The molecule has 0 aromatic heterocycles. The summed E-state index contributed by atoms with van der Waals surface area (Å²) in [7, 11) is 0. The number of amides is 2. The van der Waals surface area contributed by atoms with E-state index in [0.717, 1.165) is 11.1 Å². The van der Waals surface area contributed by atoms with E-state index in [2.05, 4.69) is 29.1 Å². The van der Waals surface area contributed by atoms with Crippen molar-refractivity contribution >= 4 is 39.4 Å². The van der Waals surface area contributed by atoms with E-state index in [4.69, 9.17) is 9.47 Å². The predicted octanol–water partition coefficient (Wildman–Crippen LogP) is 4.42. The Balaban J connectivity index is 1.65. The first kappa shape index (κ1) is 30.2. The Hall–Kier alpha value is -3.27. The van der Waals surface area contributed by atoms with Crippen molar-refractivity contribution in [3.05, 3.63) is 90.5 Å². The number of rotatable bonds is 11. The lowest BCUT2D eigenvalue weighted by atomic mass is 9.70. The number of fused-ring (bicyclic) bond motifs is 1. The normalized spacial score (nSPS) is 28.3. The van der Waals surface area contributed by atoms with E-state index in [1.54, 1.807) is 17.1 Å². The van der Waals surface area contributed by atoms with E-state index in [1.807, 2.05) is 62.4 Å². The number of carbonyl (C=O) groups excluding carboxylic acids is 3. The van der Waals surface area contributed by atoms with Gasteiger partial charge in [-0.3, -0.25) is 14.4 Å². The summed E-state index contributed by atoms with van der Waals surface area (Å²) in [5.74, 6) is -3.12. The molecular formula is C33H37BrN2O6. The number of ether oxygens (including phenoxy) is 2. The number of esters is 1. The molecule has 8 nitrogen and oxygen atoms in total. The first-order chi connectivity index (χ1) is 20.2. The van der Waals surface area contributed by atoms with Gasteiger partial charge in [-0.15, -0.1) is 13.2 Å². The minimum absolute atomic E-state index is 0.140. The van der Waals surface area contributed by atoms with Gasteiger partial charge in [-0.2, -0.15) is 0 Å². The highest BCUT2D eigenvalue weighted by Gasteiger charge is 2.77. The fraction of sp³-hybridized carbons (Fsp3) is 0.424. The van der Waals surface area contributed by atoms with E-state index in [0.29, 0.717) is 24.1 Å². The molecule has 3 aliphatic rings. The van der Waals surface area contributed by atoms with Crippen LogP contribution < -0.4 is 4.90 Å². The minimum atomic E-state index is -1.30. The van der Waals surface area contributed by atoms with E-state index in [9.17, 15) is 19.5 Å². The van der Waals surface area contributed by atoms with E-state index in [-0.39, 0.29) is 23.9 Å². The Labute approximate surface area is 255 Å². The molecule has 3 unspecified atom stereocenters. The van der Waals surface area contributed by atoms with Crippen LogP contribution in [0.15, 0.2) is 73.8 Å². The highest BCUT2D eigenvalue weighted by Crippen LogP contribution is 2.61. The largest absolute Gasteiger partial charge is 0.465 e. The lowest BCUT2D eigenvalue weighted by Crippen LogP contribution is -2.57. The Morgan fingerprint density at radius 2 is 1.95 bits per heavy atom. The molecule has 0 saturated carbocycles. The van der Waals surface area contributed by atoms with Crippen LogP contribution in [-0.4, -0.2) is 70.1 Å². The van der Waals surface area contributed by atoms with Gasteiger partial charge >= 0.3 is 5.97 Å². The monoisotopic (exact) mass is 636 g/mol. The number of carbonyl (C=O) groups is 3. The average Bonchev–Trinajstić information content (AvgIpc) is 3.57. The molecule has 1 N–H and O–H groups in total. The summed E-state index contributed by atoms with van der Waals surface area (Å²) in [6.45, 7) is 11.4. The number of benzene rings is 2. The number of alkyl halides is 1. The van der Waals surface area contributed by atoms with Gasteiger partial charge < -0.3 is 24.4 Å². The van der Waals surface area contributed by atoms with Crippen molar-refractivity contribution in [1.82, 2.24) is 4.90 Å². The van der Waals surface area contributed by atoms with Gasteiger partial charge in [0, 0.05) is 17.1 Å². The molecule has 3 fully saturated rings. The molecule has 2 amide bonds. The topological polar surface area (TPSA) is 96.4 Å². The Morgan fingerprint density at radius 1 is 1.21 bits per heavy atom. The molecule has 9 heteroatoms. The predicted molar refractivity (Wildman–Crippen MR) is 163 cm³/mol. The molecule has 1 spiro atoms. The fourth-order valence-electron chi connectivity index (χ4n) is 6.91.